The van der Waals surface area contributed by atoms with E-state index in [-0.39, 0.29) is 17.5 Å². The third-order valence-electron chi connectivity index (χ3n) is 7.40. The molecular weight excluding hydrogens is 528 g/mol. The van der Waals surface area contributed by atoms with Crippen molar-refractivity contribution in [3.8, 4) is 27.5 Å². The number of thiazole rings is 1. The van der Waals surface area contributed by atoms with Crippen LogP contribution in [0.25, 0.3) is 27.5 Å². The summed E-state index contributed by atoms with van der Waals surface area (Å²) >= 11 is 7.49. The topological polar surface area (TPSA) is 67.2 Å². The van der Waals surface area contributed by atoms with E-state index < -0.39 is 0 Å². The first-order chi connectivity index (χ1) is 18.8. The number of amides is 1. The summed E-state index contributed by atoms with van der Waals surface area (Å²) in [4.78, 5) is 35.0. The van der Waals surface area contributed by atoms with Crippen molar-refractivity contribution in [1.29, 1.82) is 0 Å². The summed E-state index contributed by atoms with van der Waals surface area (Å²) in [6.07, 6.45) is 1.55. The zero-order valence-electron chi connectivity index (χ0n) is 22.8. The number of para-hydroxylation sites is 1. The molecule has 1 amide bonds. The summed E-state index contributed by atoms with van der Waals surface area (Å²) < 4.78 is 1.76. The average molecular weight is 561 g/mol. The maximum atomic E-state index is 14.3. The van der Waals surface area contributed by atoms with Crippen LogP contribution in [0.4, 0.5) is 0 Å². The number of rotatable bonds is 6. The molecule has 1 atom stereocenters. The number of aromatic nitrogens is 2. The maximum absolute atomic E-state index is 14.3. The minimum Gasteiger partial charge on any atom is -0.336 e. The van der Waals surface area contributed by atoms with Crippen molar-refractivity contribution in [3.05, 3.63) is 91.7 Å². The number of hydrogen-bond acceptors (Lipinski definition) is 5. The maximum Gasteiger partial charge on any atom is 0.265 e. The number of pyridine rings is 1. The van der Waals surface area contributed by atoms with Crippen LogP contribution in [0.1, 0.15) is 48.0 Å². The second kappa shape index (κ2) is 11.5. The molecule has 3 heterocycles. The van der Waals surface area contributed by atoms with Gasteiger partial charge in [0.2, 0.25) is 0 Å². The van der Waals surface area contributed by atoms with Crippen LogP contribution < -0.4 is 10.9 Å². The van der Waals surface area contributed by atoms with Crippen LogP contribution >= 0.6 is 22.9 Å². The van der Waals surface area contributed by atoms with E-state index in [0.29, 0.717) is 39.9 Å². The van der Waals surface area contributed by atoms with Gasteiger partial charge in [0.1, 0.15) is 5.01 Å². The van der Waals surface area contributed by atoms with Crippen molar-refractivity contribution in [1.82, 2.24) is 19.8 Å². The number of piperazine rings is 1. The molecule has 0 saturated carbocycles. The number of halogens is 1. The van der Waals surface area contributed by atoms with E-state index in [1.807, 2.05) is 47.5 Å². The highest BCUT2D eigenvalue weighted by atomic mass is 35.5. The first kappa shape index (κ1) is 27.3. The molecular formula is C31H33ClN4O2S. The Morgan fingerprint density at radius 3 is 2.46 bits per heavy atom. The van der Waals surface area contributed by atoms with Gasteiger partial charge >= 0.3 is 0 Å². The van der Waals surface area contributed by atoms with E-state index in [4.69, 9.17) is 16.6 Å². The Hall–Kier alpha value is -3.26. The summed E-state index contributed by atoms with van der Waals surface area (Å²) in [5, 5.41) is 6.59. The SMILES string of the molecule is CCc1cccc(CC)c1-n1c(C)c(C(=O)N2CCN[C@@H](C)C2)cc(-c2nc(-c3ccc(Cl)cc3)cs2)c1=O. The van der Waals surface area contributed by atoms with Gasteiger partial charge in [0, 0.05) is 47.3 Å². The monoisotopic (exact) mass is 560 g/mol. The van der Waals surface area contributed by atoms with Gasteiger partial charge in [0.25, 0.3) is 11.5 Å². The molecule has 4 aromatic rings. The van der Waals surface area contributed by atoms with Crippen molar-refractivity contribution in [2.24, 2.45) is 0 Å². The van der Waals surface area contributed by atoms with Crippen LogP contribution in [0.3, 0.4) is 0 Å². The Morgan fingerprint density at radius 1 is 1.13 bits per heavy atom. The first-order valence-electron chi connectivity index (χ1n) is 13.4. The zero-order valence-corrected chi connectivity index (χ0v) is 24.3. The molecule has 1 aliphatic rings. The molecule has 0 aliphatic carbocycles. The van der Waals surface area contributed by atoms with E-state index in [2.05, 4.69) is 38.2 Å². The van der Waals surface area contributed by atoms with E-state index in [1.54, 1.807) is 10.6 Å². The fraction of sp³-hybridized carbons (Fsp3) is 0.323. The molecule has 0 bridgehead atoms. The molecule has 1 aliphatic heterocycles. The largest absolute Gasteiger partial charge is 0.336 e. The Kier molecular flexibility index (Phi) is 8.03. The Bertz CT molecular complexity index is 1550. The summed E-state index contributed by atoms with van der Waals surface area (Å²) in [6, 6.07) is 15.6. The lowest BCUT2D eigenvalue weighted by atomic mass is 10.0. The molecule has 0 radical (unpaired) electrons. The molecule has 1 N–H and O–H groups in total. The number of aryl methyl sites for hydroxylation is 2. The molecule has 39 heavy (non-hydrogen) atoms. The zero-order chi connectivity index (χ0) is 27.7. The van der Waals surface area contributed by atoms with Gasteiger partial charge in [-0.3, -0.25) is 14.2 Å². The van der Waals surface area contributed by atoms with Crippen LogP contribution in [-0.4, -0.2) is 46.0 Å². The van der Waals surface area contributed by atoms with Crippen molar-refractivity contribution in [2.45, 2.75) is 46.6 Å². The van der Waals surface area contributed by atoms with Gasteiger partial charge in [-0.15, -0.1) is 11.3 Å². The molecule has 202 valence electrons. The molecule has 1 saturated heterocycles. The normalized spacial score (nSPS) is 15.5. The number of nitrogens with one attached hydrogen (secondary N) is 1. The number of carbonyl (C=O) groups excluding carboxylic acids is 1. The van der Waals surface area contributed by atoms with Gasteiger partial charge in [0.15, 0.2) is 0 Å². The lowest BCUT2D eigenvalue weighted by Crippen LogP contribution is -2.51. The van der Waals surface area contributed by atoms with Crippen LogP contribution in [0.15, 0.2) is 58.7 Å². The number of nitrogens with zero attached hydrogens (tertiary/aromatic N) is 3. The molecule has 2 aromatic carbocycles. The molecule has 6 nitrogen and oxygen atoms in total. The molecule has 0 spiro atoms. The molecule has 1 fully saturated rings. The lowest BCUT2D eigenvalue weighted by Gasteiger charge is -2.32. The van der Waals surface area contributed by atoms with Gasteiger partial charge < -0.3 is 10.2 Å². The predicted molar refractivity (Wildman–Crippen MR) is 160 cm³/mol. The van der Waals surface area contributed by atoms with Crippen LogP contribution in [0, 0.1) is 6.92 Å². The van der Waals surface area contributed by atoms with E-state index >= 15 is 0 Å². The fourth-order valence-electron chi connectivity index (χ4n) is 5.28. The quantitative estimate of drug-likeness (QED) is 0.307. The van der Waals surface area contributed by atoms with Gasteiger partial charge in [-0.2, -0.15) is 0 Å². The highest BCUT2D eigenvalue weighted by molar-refractivity contribution is 7.13. The van der Waals surface area contributed by atoms with Crippen LogP contribution in [-0.2, 0) is 12.8 Å². The fourth-order valence-corrected chi connectivity index (χ4v) is 6.25. The Labute approximate surface area is 238 Å². The van der Waals surface area contributed by atoms with Crippen molar-refractivity contribution < 1.29 is 4.79 Å². The van der Waals surface area contributed by atoms with Gasteiger partial charge in [-0.1, -0.05) is 55.8 Å². The predicted octanol–water partition coefficient (Wildman–Crippen LogP) is 6.15. The molecule has 2 aromatic heterocycles. The van der Waals surface area contributed by atoms with Gasteiger partial charge in [0.05, 0.1) is 22.5 Å². The first-order valence-corrected chi connectivity index (χ1v) is 14.7. The number of hydrogen-bond donors (Lipinski definition) is 1. The van der Waals surface area contributed by atoms with Crippen molar-refractivity contribution in [3.63, 3.8) is 0 Å². The highest BCUT2D eigenvalue weighted by Crippen LogP contribution is 2.31. The van der Waals surface area contributed by atoms with Gasteiger partial charge in [-0.05, 0) is 56.0 Å². The summed E-state index contributed by atoms with van der Waals surface area (Å²) in [6.45, 7) is 10.1. The Morgan fingerprint density at radius 2 is 1.82 bits per heavy atom. The van der Waals surface area contributed by atoms with Crippen LogP contribution in [0.2, 0.25) is 5.02 Å². The minimum absolute atomic E-state index is 0.0580. The van der Waals surface area contributed by atoms with E-state index in [1.165, 1.54) is 11.3 Å². The van der Waals surface area contributed by atoms with Crippen molar-refractivity contribution in [2.75, 3.05) is 19.6 Å². The highest BCUT2D eigenvalue weighted by Gasteiger charge is 2.27. The number of benzene rings is 2. The van der Waals surface area contributed by atoms with Crippen LogP contribution in [0.5, 0.6) is 0 Å². The van der Waals surface area contributed by atoms with Crippen molar-refractivity contribution >= 4 is 28.8 Å². The van der Waals surface area contributed by atoms with Gasteiger partial charge in [-0.25, -0.2) is 4.98 Å². The second-order valence-corrected chi connectivity index (χ2v) is 11.3. The second-order valence-electron chi connectivity index (χ2n) is 9.98. The Balaban J connectivity index is 1.73. The molecule has 8 heteroatoms. The smallest absolute Gasteiger partial charge is 0.265 e. The minimum atomic E-state index is -0.162. The van der Waals surface area contributed by atoms with E-state index in [9.17, 15) is 9.59 Å². The summed E-state index contributed by atoms with van der Waals surface area (Å²) in [5.41, 5.74) is 6.19. The average Bonchev–Trinajstić information content (AvgIpc) is 3.43. The molecule has 5 rings (SSSR count). The third kappa shape index (κ3) is 5.31. The molecule has 0 unspecified atom stereocenters. The summed E-state index contributed by atoms with van der Waals surface area (Å²) in [7, 11) is 0. The third-order valence-corrected chi connectivity index (χ3v) is 8.52. The summed E-state index contributed by atoms with van der Waals surface area (Å²) in [5.74, 6) is -0.0580. The lowest BCUT2D eigenvalue weighted by molar-refractivity contribution is 0.0707. The number of carbonyl (C=O) groups is 1. The standard InChI is InChI=1S/C31H33ClN4O2S/c1-5-21-8-7-9-22(6-2)28(21)36-20(4)25(30(37)35-15-14-33-19(3)17-35)16-26(31(36)38)29-34-27(18-39-29)23-10-12-24(32)13-11-23/h7-13,16,18-19,33H,5-6,14-15,17H2,1-4H3/t19-/m0/s1. The van der Waals surface area contributed by atoms with E-state index in [0.717, 1.165) is 47.5 Å².